The number of benzene rings is 2. The Morgan fingerprint density at radius 2 is 1.95 bits per heavy atom. The largest absolute Gasteiger partial charge is 0.491 e. The van der Waals surface area contributed by atoms with Crippen LogP contribution in [0.4, 0.5) is 5.69 Å². The van der Waals surface area contributed by atoms with Crippen molar-refractivity contribution in [3.8, 4) is 5.75 Å². The summed E-state index contributed by atoms with van der Waals surface area (Å²) in [6, 6.07) is 14.6. The Hall–Kier alpha value is -1.85. The third-order valence-electron chi connectivity index (χ3n) is 2.77. The first-order valence-corrected chi connectivity index (χ1v) is 7.27. The van der Waals surface area contributed by atoms with E-state index in [1.54, 1.807) is 19.2 Å². The molecule has 110 valence electrons. The van der Waals surface area contributed by atoms with E-state index in [0.717, 1.165) is 4.47 Å². The lowest BCUT2D eigenvalue weighted by Gasteiger charge is -2.09. The molecular weight excluding hydrogens is 334 g/mol. The summed E-state index contributed by atoms with van der Waals surface area (Å²) >= 11 is 3.37. The maximum atomic E-state index is 12.2. The van der Waals surface area contributed by atoms with Crippen molar-refractivity contribution in [1.82, 2.24) is 0 Å². The van der Waals surface area contributed by atoms with Gasteiger partial charge in [0.25, 0.3) is 5.91 Å². The first kappa shape index (κ1) is 15.5. The standard InChI is InChI=1S/C16H16BrNO3/c1-20-9-10-21-13-6-4-5-12(11-13)18-16(19)14-7-2-3-8-15(14)17/h2-8,11H,9-10H2,1H3,(H,18,19). The second kappa shape index (κ2) is 7.81. The summed E-state index contributed by atoms with van der Waals surface area (Å²) in [6.45, 7) is 0.992. The molecule has 0 unspecified atom stereocenters. The highest BCUT2D eigenvalue weighted by Gasteiger charge is 2.09. The van der Waals surface area contributed by atoms with E-state index in [1.165, 1.54) is 0 Å². The van der Waals surface area contributed by atoms with Gasteiger partial charge in [0.05, 0.1) is 12.2 Å². The van der Waals surface area contributed by atoms with Gasteiger partial charge in [-0.05, 0) is 40.2 Å². The zero-order valence-corrected chi connectivity index (χ0v) is 13.2. The monoisotopic (exact) mass is 349 g/mol. The van der Waals surface area contributed by atoms with E-state index in [2.05, 4.69) is 21.2 Å². The van der Waals surface area contributed by atoms with Gasteiger partial charge in [-0.1, -0.05) is 18.2 Å². The lowest BCUT2D eigenvalue weighted by molar-refractivity contribution is 0.102. The number of amides is 1. The normalized spacial score (nSPS) is 10.2. The van der Waals surface area contributed by atoms with Crippen molar-refractivity contribution < 1.29 is 14.3 Å². The molecule has 0 radical (unpaired) electrons. The maximum absolute atomic E-state index is 12.2. The molecule has 0 saturated carbocycles. The van der Waals surface area contributed by atoms with Gasteiger partial charge < -0.3 is 14.8 Å². The second-order valence-electron chi connectivity index (χ2n) is 4.30. The molecule has 0 spiro atoms. The zero-order valence-electron chi connectivity index (χ0n) is 11.6. The van der Waals surface area contributed by atoms with Gasteiger partial charge >= 0.3 is 0 Å². The van der Waals surface area contributed by atoms with E-state index in [1.807, 2.05) is 36.4 Å². The number of hydrogen-bond acceptors (Lipinski definition) is 3. The molecule has 0 bridgehead atoms. The predicted octanol–water partition coefficient (Wildman–Crippen LogP) is 3.73. The lowest BCUT2D eigenvalue weighted by atomic mass is 10.2. The Labute approximate surface area is 132 Å². The molecule has 4 nitrogen and oxygen atoms in total. The van der Waals surface area contributed by atoms with Crippen molar-refractivity contribution in [3.05, 3.63) is 58.6 Å². The Kier molecular flexibility index (Phi) is 5.78. The molecule has 0 aliphatic heterocycles. The van der Waals surface area contributed by atoms with Gasteiger partial charge in [-0.15, -0.1) is 0 Å². The highest BCUT2D eigenvalue weighted by atomic mass is 79.9. The Morgan fingerprint density at radius 3 is 2.71 bits per heavy atom. The second-order valence-corrected chi connectivity index (χ2v) is 5.16. The number of halogens is 1. The van der Waals surface area contributed by atoms with Gasteiger partial charge in [-0.3, -0.25) is 4.79 Å². The van der Waals surface area contributed by atoms with Crippen LogP contribution in [0.3, 0.4) is 0 Å². The molecular formula is C16H16BrNO3. The van der Waals surface area contributed by atoms with Gasteiger partial charge in [-0.2, -0.15) is 0 Å². The van der Waals surface area contributed by atoms with Crippen LogP contribution in [0, 0.1) is 0 Å². The molecule has 0 saturated heterocycles. The summed E-state index contributed by atoms with van der Waals surface area (Å²) < 4.78 is 11.2. The molecule has 2 aromatic rings. The number of hydrogen-bond donors (Lipinski definition) is 1. The molecule has 0 aromatic heterocycles. The summed E-state index contributed by atoms with van der Waals surface area (Å²) in [5.41, 5.74) is 1.27. The molecule has 2 aromatic carbocycles. The average Bonchev–Trinajstić information content (AvgIpc) is 2.48. The Morgan fingerprint density at radius 1 is 1.14 bits per heavy atom. The molecule has 2 rings (SSSR count). The van der Waals surface area contributed by atoms with Gasteiger partial charge in [0.15, 0.2) is 0 Å². The van der Waals surface area contributed by atoms with E-state index in [9.17, 15) is 4.79 Å². The third-order valence-corrected chi connectivity index (χ3v) is 3.46. The highest BCUT2D eigenvalue weighted by molar-refractivity contribution is 9.10. The van der Waals surface area contributed by atoms with Crippen LogP contribution in [-0.2, 0) is 4.74 Å². The average molecular weight is 350 g/mol. The summed E-state index contributed by atoms with van der Waals surface area (Å²) in [7, 11) is 1.62. The number of anilines is 1. The van der Waals surface area contributed by atoms with E-state index in [-0.39, 0.29) is 5.91 Å². The van der Waals surface area contributed by atoms with Crippen LogP contribution in [0.25, 0.3) is 0 Å². The van der Waals surface area contributed by atoms with Crippen LogP contribution in [0.1, 0.15) is 10.4 Å². The number of rotatable bonds is 6. The molecule has 0 aliphatic carbocycles. The van der Waals surface area contributed by atoms with Gasteiger partial charge in [0.2, 0.25) is 0 Å². The third kappa shape index (κ3) is 4.58. The van der Waals surface area contributed by atoms with Crippen LogP contribution < -0.4 is 10.1 Å². The van der Waals surface area contributed by atoms with E-state index >= 15 is 0 Å². The van der Waals surface area contributed by atoms with E-state index in [0.29, 0.717) is 30.2 Å². The van der Waals surface area contributed by atoms with E-state index in [4.69, 9.17) is 9.47 Å². The minimum atomic E-state index is -0.170. The van der Waals surface area contributed by atoms with Crippen molar-refractivity contribution in [2.75, 3.05) is 25.6 Å². The van der Waals surface area contributed by atoms with Crippen molar-refractivity contribution in [2.24, 2.45) is 0 Å². The number of carbonyl (C=O) groups excluding carboxylic acids is 1. The van der Waals surface area contributed by atoms with Crippen LogP contribution in [0.2, 0.25) is 0 Å². The zero-order chi connectivity index (χ0) is 15.1. The van der Waals surface area contributed by atoms with Gasteiger partial charge in [-0.25, -0.2) is 0 Å². The fourth-order valence-electron chi connectivity index (χ4n) is 1.75. The van der Waals surface area contributed by atoms with Crippen LogP contribution in [-0.4, -0.2) is 26.2 Å². The molecule has 0 fully saturated rings. The summed E-state index contributed by atoms with van der Waals surface area (Å²) in [5, 5.41) is 2.85. The molecule has 0 heterocycles. The topological polar surface area (TPSA) is 47.6 Å². The minimum absolute atomic E-state index is 0.170. The number of methoxy groups -OCH3 is 1. The Balaban J connectivity index is 2.04. The Bertz CT molecular complexity index is 616. The van der Waals surface area contributed by atoms with Crippen molar-refractivity contribution in [2.45, 2.75) is 0 Å². The summed E-state index contributed by atoms with van der Waals surface area (Å²) in [5.74, 6) is 0.522. The van der Waals surface area contributed by atoms with Gasteiger partial charge in [0, 0.05) is 23.3 Å². The van der Waals surface area contributed by atoms with E-state index < -0.39 is 0 Å². The molecule has 0 aliphatic rings. The van der Waals surface area contributed by atoms with Crippen molar-refractivity contribution >= 4 is 27.5 Å². The lowest BCUT2D eigenvalue weighted by Crippen LogP contribution is -2.12. The van der Waals surface area contributed by atoms with Crippen molar-refractivity contribution in [3.63, 3.8) is 0 Å². The molecule has 21 heavy (non-hydrogen) atoms. The van der Waals surface area contributed by atoms with Crippen molar-refractivity contribution in [1.29, 1.82) is 0 Å². The molecule has 5 heteroatoms. The van der Waals surface area contributed by atoms with Crippen LogP contribution in [0.15, 0.2) is 53.0 Å². The summed E-state index contributed by atoms with van der Waals surface area (Å²) in [4.78, 5) is 12.2. The first-order chi connectivity index (χ1) is 10.2. The summed E-state index contributed by atoms with van der Waals surface area (Å²) in [6.07, 6.45) is 0. The molecule has 1 amide bonds. The van der Waals surface area contributed by atoms with Gasteiger partial charge in [0.1, 0.15) is 12.4 Å². The quantitative estimate of drug-likeness (QED) is 0.808. The SMILES string of the molecule is COCCOc1cccc(NC(=O)c2ccccc2Br)c1. The maximum Gasteiger partial charge on any atom is 0.256 e. The van der Waals surface area contributed by atoms with Crippen LogP contribution >= 0.6 is 15.9 Å². The fourth-order valence-corrected chi connectivity index (χ4v) is 2.22. The number of ether oxygens (including phenoxy) is 2. The minimum Gasteiger partial charge on any atom is -0.491 e. The predicted molar refractivity (Wildman–Crippen MR) is 85.9 cm³/mol. The highest BCUT2D eigenvalue weighted by Crippen LogP contribution is 2.20. The number of carbonyl (C=O) groups is 1. The first-order valence-electron chi connectivity index (χ1n) is 6.48. The molecule has 1 N–H and O–H groups in total. The number of nitrogens with one attached hydrogen (secondary N) is 1. The van der Waals surface area contributed by atoms with Crippen LogP contribution in [0.5, 0.6) is 5.75 Å². The fraction of sp³-hybridized carbons (Fsp3) is 0.188. The molecule has 0 atom stereocenters. The smallest absolute Gasteiger partial charge is 0.256 e.